The van der Waals surface area contributed by atoms with Crippen LogP contribution in [-0.4, -0.2) is 35.6 Å². The second-order valence-electron chi connectivity index (χ2n) is 8.59. The van der Waals surface area contributed by atoms with Crippen molar-refractivity contribution >= 4 is 17.8 Å². The van der Waals surface area contributed by atoms with Crippen LogP contribution in [0, 0.1) is 0 Å². The Balaban J connectivity index is 1.44. The smallest absolute Gasteiger partial charge is 0.326 e. The number of amides is 4. The van der Waals surface area contributed by atoms with Crippen LogP contribution in [0.3, 0.4) is 0 Å². The number of carbonyl (C=O) groups is 3. The van der Waals surface area contributed by atoms with Crippen LogP contribution >= 0.6 is 0 Å². The Morgan fingerprint density at radius 1 is 1.09 bits per heavy atom. The Morgan fingerprint density at radius 3 is 2.47 bits per heavy atom. The Morgan fingerprint density at radius 2 is 1.78 bits per heavy atom. The molecule has 0 aromatic heterocycles. The summed E-state index contributed by atoms with van der Waals surface area (Å²) in [5.74, 6) is 0.762. The number of fused-ring (bicyclic) bond motifs is 1. The zero-order chi connectivity index (χ0) is 23.0. The molecule has 2 aromatic rings. The topological polar surface area (TPSA) is 97.0 Å². The van der Waals surface area contributed by atoms with Crippen LogP contribution in [0.5, 0.6) is 11.5 Å². The molecule has 2 heterocycles. The summed E-state index contributed by atoms with van der Waals surface area (Å²) in [7, 11) is 0. The molecule has 168 valence electrons. The van der Waals surface area contributed by atoms with Crippen molar-refractivity contribution in [2.24, 2.45) is 0 Å². The summed E-state index contributed by atoms with van der Waals surface area (Å²) in [5.41, 5.74) is 1.42. The molecule has 0 saturated carbocycles. The Labute approximate surface area is 186 Å². The standard InChI is InChI=1S/C24H27N3O5/c1-14(2)17-6-8-18(9-7-17)24(4)22(29)27(23(30)26-24)15(3)21(28)25-12-16-5-10-19-20(11-16)32-13-31-19/h5-11,14-15H,12-13H2,1-4H3,(H,25,28)(H,26,30)/t15-,24-/m0/s1. The summed E-state index contributed by atoms with van der Waals surface area (Å²) >= 11 is 0. The van der Waals surface area contributed by atoms with Crippen LogP contribution in [0.4, 0.5) is 4.79 Å². The van der Waals surface area contributed by atoms with Gasteiger partial charge in [-0.1, -0.05) is 44.2 Å². The Bertz CT molecular complexity index is 1070. The molecule has 0 unspecified atom stereocenters. The van der Waals surface area contributed by atoms with E-state index in [-0.39, 0.29) is 13.3 Å². The highest BCUT2D eigenvalue weighted by Crippen LogP contribution is 2.33. The summed E-state index contributed by atoms with van der Waals surface area (Å²) in [6.07, 6.45) is 0. The molecular weight excluding hydrogens is 410 g/mol. The van der Waals surface area contributed by atoms with Gasteiger partial charge in [0.25, 0.3) is 5.91 Å². The molecule has 0 aliphatic carbocycles. The van der Waals surface area contributed by atoms with Crippen molar-refractivity contribution in [3.63, 3.8) is 0 Å². The van der Waals surface area contributed by atoms with Crippen LogP contribution in [-0.2, 0) is 21.7 Å². The van der Waals surface area contributed by atoms with E-state index in [0.29, 0.717) is 23.0 Å². The molecule has 2 aliphatic rings. The molecule has 0 radical (unpaired) electrons. The second kappa shape index (κ2) is 8.18. The molecule has 2 aromatic carbocycles. The lowest BCUT2D eigenvalue weighted by Gasteiger charge is -2.25. The Hall–Kier alpha value is -3.55. The van der Waals surface area contributed by atoms with Gasteiger partial charge in [0.15, 0.2) is 11.5 Å². The molecule has 1 saturated heterocycles. The van der Waals surface area contributed by atoms with Gasteiger partial charge in [0.1, 0.15) is 11.6 Å². The van der Waals surface area contributed by atoms with E-state index in [0.717, 1.165) is 16.0 Å². The van der Waals surface area contributed by atoms with Gasteiger partial charge in [-0.15, -0.1) is 0 Å². The van der Waals surface area contributed by atoms with E-state index in [9.17, 15) is 14.4 Å². The van der Waals surface area contributed by atoms with Crippen molar-refractivity contribution < 1.29 is 23.9 Å². The molecule has 4 amide bonds. The number of urea groups is 1. The highest BCUT2D eigenvalue weighted by molar-refractivity contribution is 6.09. The predicted molar refractivity (Wildman–Crippen MR) is 117 cm³/mol. The van der Waals surface area contributed by atoms with Gasteiger partial charge in [-0.25, -0.2) is 9.69 Å². The minimum absolute atomic E-state index is 0.174. The van der Waals surface area contributed by atoms with Gasteiger partial charge < -0.3 is 20.1 Å². The van der Waals surface area contributed by atoms with E-state index < -0.39 is 29.4 Å². The fourth-order valence-corrected chi connectivity index (χ4v) is 3.91. The third-order valence-corrected chi connectivity index (χ3v) is 6.05. The largest absolute Gasteiger partial charge is 0.454 e. The van der Waals surface area contributed by atoms with Gasteiger partial charge in [-0.2, -0.15) is 0 Å². The predicted octanol–water partition coefficient (Wildman–Crippen LogP) is 3.01. The molecule has 8 heteroatoms. The summed E-state index contributed by atoms with van der Waals surface area (Å²) in [6, 6.07) is 11.4. The van der Waals surface area contributed by atoms with Crippen LogP contribution in [0.25, 0.3) is 0 Å². The van der Waals surface area contributed by atoms with Crippen LogP contribution in [0.2, 0.25) is 0 Å². The van der Waals surface area contributed by atoms with Gasteiger partial charge in [-0.05, 0) is 48.6 Å². The van der Waals surface area contributed by atoms with E-state index in [2.05, 4.69) is 24.5 Å². The zero-order valence-corrected chi connectivity index (χ0v) is 18.6. The van der Waals surface area contributed by atoms with Crippen molar-refractivity contribution in [3.05, 3.63) is 59.2 Å². The lowest BCUT2D eigenvalue weighted by molar-refractivity contribution is -0.137. The molecular formula is C24H27N3O5. The maximum atomic E-state index is 13.2. The van der Waals surface area contributed by atoms with Crippen LogP contribution in [0.1, 0.15) is 50.3 Å². The first kappa shape index (κ1) is 21.7. The highest BCUT2D eigenvalue weighted by Gasteiger charge is 2.51. The number of rotatable bonds is 6. The third-order valence-electron chi connectivity index (χ3n) is 6.05. The molecule has 0 bridgehead atoms. The molecule has 2 atom stereocenters. The van der Waals surface area contributed by atoms with E-state index >= 15 is 0 Å². The third kappa shape index (κ3) is 3.77. The molecule has 1 fully saturated rings. The minimum atomic E-state index is -1.22. The molecule has 4 rings (SSSR count). The number of carbonyl (C=O) groups excluding carboxylic acids is 3. The fourth-order valence-electron chi connectivity index (χ4n) is 3.91. The first-order chi connectivity index (χ1) is 15.2. The maximum absolute atomic E-state index is 13.2. The van der Waals surface area contributed by atoms with Crippen molar-refractivity contribution in [1.29, 1.82) is 0 Å². The normalized spacial score (nSPS) is 20.5. The Kier molecular flexibility index (Phi) is 5.54. The number of hydrogen-bond acceptors (Lipinski definition) is 5. The van der Waals surface area contributed by atoms with Gasteiger partial charge in [0.2, 0.25) is 12.7 Å². The fraction of sp³-hybridized carbons (Fsp3) is 0.375. The van der Waals surface area contributed by atoms with Crippen molar-refractivity contribution in [2.45, 2.75) is 51.7 Å². The molecule has 32 heavy (non-hydrogen) atoms. The summed E-state index contributed by atoms with van der Waals surface area (Å²) in [4.78, 5) is 39.7. The number of nitrogens with zero attached hydrogens (tertiary/aromatic N) is 1. The van der Waals surface area contributed by atoms with E-state index in [1.54, 1.807) is 26.0 Å². The maximum Gasteiger partial charge on any atom is 0.326 e. The first-order valence-corrected chi connectivity index (χ1v) is 10.6. The van der Waals surface area contributed by atoms with Gasteiger partial charge in [0, 0.05) is 6.54 Å². The minimum Gasteiger partial charge on any atom is -0.454 e. The first-order valence-electron chi connectivity index (χ1n) is 10.6. The number of imide groups is 1. The number of ether oxygens (including phenoxy) is 2. The van der Waals surface area contributed by atoms with E-state index in [1.165, 1.54) is 0 Å². The number of benzene rings is 2. The van der Waals surface area contributed by atoms with Crippen molar-refractivity contribution in [2.75, 3.05) is 6.79 Å². The molecule has 2 aliphatic heterocycles. The average Bonchev–Trinajstić information content (AvgIpc) is 3.33. The molecule has 2 N–H and O–H groups in total. The zero-order valence-electron chi connectivity index (χ0n) is 18.6. The van der Waals surface area contributed by atoms with Crippen LogP contribution < -0.4 is 20.1 Å². The number of hydrogen-bond donors (Lipinski definition) is 2. The summed E-state index contributed by atoms with van der Waals surface area (Å²) < 4.78 is 10.6. The lowest BCUT2D eigenvalue weighted by atomic mass is 9.90. The van der Waals surface area contributed by atoms with Crippen molar-refractivity contribution in [1.82, 2.24) is 15.5 Å². The van der Waals surface area contributed by atoms with Crippen LogP contribution in [0.15, 0.2) is 42.5 Å². The van der Waals surface area contributed by atoms with E-state index in [1.807, 2.05) is 30.3 Å². The molecule has 8 nitrogen and oxygen atoms in total. The molecule has 0 spiro atoms. The van der Waals surface area contributed by atoms with Gasteiger partial charge >= 0.3 is 6.03 Å². The quantitative estimate of drug-likeness (QED) is 0.677. The summed E-state index contributed by atoms with van der Waals surface area (Å²) in [6.45, 7) is 7.79. The van der Waals surface area contributed by atoms with Gasteiger partial charge in [-0.3, -0.25) is 9.59 Å². The monoisotopic (exact) mass is 437 g/mol. The van der Waals surface area contributed by atoms with Gasteiger partial charge in [0.05, 0.1) is 0 Å². The highest BCUT2D eigenvalue weighted by atomic mass is 16.7. The lowest BCUT2D eigenvalue weighted by Crippen LogP contribution is -2.49. The average molecular weight is 437 g/mol. The van der Waals surface area contributed by atoms with Crippen molar-refractivity contribution in [3.8, 4) is 11.5 Å². The summed E-state index contributed by atoms with van der Waals surface area (Å²) in [5, 5.41) is 5.55. The number of nitrogens with one attached hydrogen (secondary N) is 2. The second-order valence-corrected chi connectivity index (χ2v) is 8.59. The van der Waals surface area contributed by atoms with E-state index in [4.69, 9.17) is 9.47 Å². The SMILES string of the molecule is CC(C)c1ccc([C@]2(C)NC(=O)N([C@@H](C)C(=O)NCc3ccc4c(c3)OCO4)C2=O)cc1.